The number of phenolic OH excluding ortho intramolecular Hbond substituents is 2. The van der Waals surface area contributed by atoms with Crippen LogP contribution in [0.25, 0.3) is 10.9 Å². The zero-order valence-electron chi connectivity index (χ0n) is 22.5. The second-order valence-corrected chi connectivity index (χ2v) is 12.1. The van der Waals surface area contributed by atoms with Gasteiger partial charge in [-0.1, -0.05) is 13.8 Å². The Hall–Kier alpha value is -3.00. The number of amides is 1. The van der Waals surface area contributed by atoms with Crippen LogP contribution in [0.4, 0.5) is 10.5 Å². The summed E-state index contributed by atoms with van der Waals surface area (Å²) < 4.78 is 11.1. The monoisotopic (exact) mass is 525 g/mol. The molecule has 0 saturated carbocycles. The number of ether oxygens (including phenoxy) is 1. The molecule has 0 aliphatic carbocycles. The number of nitrogens with zero attached hydrogens (tertiary/aromatic N) is 2. The van der Waals surface area contributed by atoms with Crippen LogP contribution in [0.3, 0.4) is 0 Å². The van der Waals surface area contributed by atoms with Crippen molar-refractivity contribution in [2.24, 2.45) is 5.92 Å². The van der Waals surface area contributed by atoms with Gasteiger partial charge in [-0.25, -0.2) is 4.79 Å². The maximum absolute atomic E-state index is 12.3. The van der Waals surface area contributed by atoms with Gasteiger partial charge in [-0.2, -0.15) is 0 Å². The standard InChI is InChI=1S/C29H39N3O4S/c1-19(2)23-17-27(26(34)18-25(23)33)37-30-22-6-7-24-21(16-22)11-15-31(24)12-8-20-9-13-32(14-10-20)28(35)36-29(3,4)5/h6-7,11,15-20,30,33-34H,8-10,12-14H2,1-5H3. The van der Waals surface area contributed by atoms with Gasteiger partial charge in [-0.05, 0) is 99.7 Å². The number of fused-ring (bicyclic) bond motifs is 1. The molecular formula is C29H39N3O4S. The van der Waals surface area contributed by atoms with Crippen LogP contribution < -0.4 is 4.72 Å². The summed E-state index contributed by atoms with van der Waals surface area (Å²) in [6.07, 6.45) is 5.03. The molecule has 0 radical (unpaired) electrons. The Labute approximate surface area is 223 Å². The van der Waals surface area contributed by atoms with Crippen molar-refractivity contribution in [3.05, 3.63) is 48.2 Å². The van der Waals surface area contributed by atoms with Crippen LogP contribution in [0.2, 0.25) is 0 Å². The number of nitrogens with one attached hydrogen (secondary N) is 1. The number of aromatic hydroxyl groups is 2. The van der Waals surface area contributed by atoms with Crippen molar-refractivity contribution in [2.75, 3.05) is 17.8 Å². The molecule has 3 aromatic rings. The van der Waals surface area contributed by atoms with Crippen molar-refractivity contribution in [3.8, 4) is 11.5 Å². The maximum atomic E-state index is 12.3. The smallest absolute Gasteiger partial charge is 0.410 e. The molecule has 1 amide bonds. The molecule has 200 valence electrons. The van der Waals surface area contributed by atoms with Crippen molar-refractivity contribution in [3.63, 3.8) is 0 Å². The lowest BCUT2D eigenvalue weighted by molar-refractivity contribution is 0.0180. The van der Waals surface area contributed by atoms with Crippen LogP contribution >= 0.6 is 11.9 Å². The van der Waals surface area contributed by atoms with Gasteiger partial charge in [-0.15, -0.1) is 0 Å². The highest BCUT2D eigenvalue weighted by Crippen LogP contribution is 2.38. The summed E-state index contributed by atoms with van der Waals surface area (Å²) in [5, 5.41) is 21.5. The minimum Gasteiger partial charge on any atom is -0.508 e. The van der Waals surface area contributed by atoms with Gasteiger partial charge < -0.3 is 29.1 Å². The Balaban J connectivity index is 1.31. The molecule has 1 aliphatic heterocycles. The van der Waals surface area contributed by atoms with E-state index in [1.54, 1.807) is 0 Å². The molecule has 1 aliphatic rings. The number of piperidine rings is 1. The van der Waals surface area contributed by atoms with Crippen LogP contribution in [0, 0.1) is 5.92 Å². The fraction of sp³-hybridized carbons (Fsp3) is 0.483. The summed E-state index contributed by atoms with van der Waals surface area (Å²) in [7, 11) is 0. The highest BCUT2D eigenvalue weighted by molar-refractivity contribution is 8.00. The van der Waals surface area contributed by atoms with Gasteiger partial charge >= 0.3 is 6.09 Å². The predicted octanol–water partition coefficient (Wildman–Crippen LogP) is 7.33. The average molecular weight is 526 g/mol. The Morgan fingerprint density at radius 2 is 1.84 bits per heavy atom. The molecule has 1 aromatic heterocycles. The second-order valence-electron chi connectivity index (χ2n) is 11.2. The van der Waals surface area contributed by atoms with E-state index >= 15 is 0 Å². The lowest BCUT2D eigenvalue weighted by Crippen LogP contribution is -2.41. The molecule has 3 N–H and O–H groups in total. The Morgan fingerprint density at radius 3 is 2.51 bits per heavy atom. The van der Waals surface area contributed by atoms with Crippen LogP contribution in [0.1, 0.15) is 65.4 Å². The van der Waals surface area contributed by atoms with Gasteiger partial charge in [0.2, 0.25) is 0 Å². The topological polar surface area (TPSA) is 87.0 Å². The minimum absolute atomic E-state index is 0.0589. The highest BCUT2D eigenvalue weighted by Gasteiger charge is 2.26. The summed E-state index contributed by atoms with van der Waals surface area (Å²) in [5.74, 6) is 0.938. The molecule has 8 heteroatoms. The molecule has 1 saturated heterocycles. The number of hydrogen-bond acceptors (Lipinski definition) is 6. The molecule has 4 rings (SSSR count). The van der Waals surface area contributed by atoms with Crippen molar-refractivity contribution >= 4 is 34.6 Å². The first-order chi connectivity index (χ1) is 17.5. The van der Waals surface area contributed by atoms with Crippen molar-refractivity contribution in [1.29, 1.82) is 0 Å². The van der Waals surface area contributed by atoms with Gasteiger partial charge in [0.25, 0.3) is 0 Å². The minimum atomic E-state index is -0.456. The van der Waals surface area contributed by atoms with E-state index in [0.717, 1.165) is 55.5 Å². The zero-order valence-corrected chi connectivity index (χ0v) is 23.3. The molecule has 0 atom stereocenters. The molecule has 1 fully saturated rings. The SMILES string of the molecule is CC(C)c1cc(SNc2ccc3c(ccn3CCC3CCN(C(=O)OC(C)(C)C)CC3)c2)c(O)cc1O. The van der Waals surface area contributed by atoms with Crippen molar-refractivity contribution in [1.82, 2.24) is 9.47 Å². The summed E-state index contributed by atoms with van der Waals surface area (Å²) >= 11 is 1.33. The highest BCUT2D eigenvalue weighted by atomic mass is 32.2. The first kappa shape index (κ1) is 27.0. The summed E-state index contributed by atoms with van der Waals surface area (Å²) in [6, 6.07) is 11.7. The predicted molar refractivity (Wildman–Crippen MR) is 150 cm³/mol. The van der Waals surface area contributed by atoms with Gasteiger partial charge in [0.05, 0.1) is 4.90 Å². The fourth-order valence-corrected chi connectivity index (χ4v) is 5.45. The summed E-state index contributed by atoms with van der Waals surface area (Å²) in [4.78, 5) is 14.8. The molecule has 0 bridgehead atoms. The normalized spacial score (nSPS) is 14.9. The van der Waals surface area contributed by atoms with E-state index in [9.17, 15) is 15.0 Å². The van der Waals surface area contributed by atoms with Crippen LogP contribution in [0.5, 0.6) is 11.5 Å². The van der Waals surface area contributed by atoms with Gasteiger partial charge in [0.1, 0.15) is 17.1 Å². The number of aromatic nitrogens is 1. The first-order valence-electron chi connectivity index (χ1n) is 13.1. The molecule has 2 heterocycles. The largest absolute Gasteiger partial charge is 0.508 e. The molecule has 2 aromatic carbocycles. The Morgan fingerprint density at radius 1 is 1.11 bits per heavy atom. The van der Waals surface area contributed by atoms with E-state index in [1.165, 1.54) is 23.5 Å². The Bertz CT molecular complexity index is 1240. The van der Waals surface area contributed by atoms with E-state index in [0.29, 0.717) is 10.8 Å². The Kier molecular flexibility index (Phi) is 8.17. The quantitative estimate of drug-likeness (QED) is 0.280. The number of aryl methyl sites for hydroxylation is 1. The number of phenols is 2. The average Bonchev–Trinajstić information content (AvgIpc) is 3.23. The van der Waals surface area contributed by atoms with E-state index in [-0.39, 0.29) is 23.5 Å². The lowest BCUT2D eigenvalue weighted by Gasteiger charge is -2.33. The van der Waals surface area contributed by atoms with Crippen molar-refractivity contribution in [2.45, 2.75) is 76.8 Å². The summed E-state index contributed by atoms with van der Waals surface area (Å²) in [6.45, 7) is 12.2. The van der Waals surface area contributed by atoms with Crippen LogP contribution in [-0.4, -0.2) is 44.5 Å². The first-order valence-corrected chi connectivity index (χ1v) is 13.9. The third kappa shape index (κ3) is 6.86. The zero-order chi connectivity index (χ0) is 26.7. The number of benzene rings is 2. The van der Waals surface area contributed by atoms with E-state index in [1.807, 2.05) is 51.7 Å². The third-order valence-corrected chi connectivity index (χ3v) is 7.71. The number of carbonyl (C=O) groups is 1. The molecular weight excluding hydrogens is 486 g/mol. The molecule has 7 nitrogen and oxygen atoms in total. The molecule has 37 heavy (non-hydrogen) atoms. The van der Waals surface area contributed by atoms with E-state index in [4.69, 9.17) is 4.74 Å². The number of rotatable bonds is 7. The summed E-state index contributed by atoms with van der Waals surface area (Å²) in [5.41, 5.74) is 2.49. The molecule has 0 unspecified atom stereocenters. The number of carbonyl (C=O) groups excluding carboxylic acids is 1. The van der Waals surface area contributed by atoms with E-state index < -0.39 is 5.60 Å². The van der Waals surface area contributed by atoms with Gasteiger partial charge in [0, 0.05) is 48.5 Å². The number of likely N-dealkylation sites (tertiary alicyclic amines) is 1. The van der Waals surface area contributed by atoms with Gasteiger partial charge in [-0.3, -0.25) is 0 Å². The fourth-order valence-electron chi connectivity index (χ4n) is 4.74. The number of hydrogen-bond donors (Lipinski definition) is 3. The third-order valence-electron chi connectivity index (χ3n) is 6.82. The van der Waals surface area contributed by atoms with Gasteiger partial charge in [0.15, 0.2) is 0 Å². The van der Waals surface area contributed by atoms with Crippen LogP contribution in [-0.2, 0) is 11.3 Å². The molecule has 0 spiro atoms. The van der Waals surface area contributed by atoms with E-state index in [2.05, 4.69) is 33.7 Å². The van der Waals surface area contributed by atoms with Crippen molar-refractivity contribution < 1.29 is 19.7 Å². The lowest BCUT2D eigenvalue weighted by atomic mass is 9.94. The maximum Gasteiger partial charge on any atom is 0.410 e. The number of anilines is 1. The van der Waals surface area contributed by atoms with Crippen LogP contribution in [0.15, 0.2) is 47.5 Å². The second kappa shape index (κ2) is 11.2.